The van der Waals surface area contributed by atoms with E-state index in [9.17, 15) is 24.7 Å². The van der Waals surface area contributed by atoms with Crippen LogP contribution in [-0.2, 0) is 20.1 Å². The lowest BCUT2D eigenvalue weighted by molar-refractivity contribution is -0.150. The minimum atomic E-state index is -1.21. The molecule has 6 N–H and O–H groups in total. The fourth-order valence-electron chi connectivity index (χ4n) is 3.05. The number of H-pyrrole nitrogens is 1. The molecule has 0 unspecified atom stereocenters. The molecule has 2 aromatic heterocycles. The molecule has 4 heterocycles. The molecule has 15 heteroatoms. The van der Waals surface area contributed by atoms with E-state index in [0.29, 0.717) is 16.4 Å². The number of aromatic nitrogens is 3. The van der Waals surface area contributed by atoms with Crippen LogP contribution in [0.1, 0.15) is 11.3 Å². The third-order valence-corrected chi connectivity index (χ3v) is 7.77. The van der Waals surface area contributed by atoms with Crippen molar-refractivity contribution in [1.82, 2.24) is 25.4 Å². The van der Waals surface area contributed by atoms with Crippen LogP contribution in [-0.4, -0.2) is 71.1 Å². The topological polar surface area (TPSA) is 187 Å². The average Bonchev–Trinajstić information content (AvgIpc) is 3.42. The normalized spacial score (nSPS) is 21.0. The molecule has 0 bridgehead atoms. The summed E-state index contributed by atoms with van der Waals surface area (Å²) < 4.78 is 0. The number of carbonyl (C=O) groups excluding carboxylic acids is 2. The molecule has 0 aliphatic carbocycles. The fraction of sp³-hybridized carbons (Fsp3) is 0.250. The zero-order valence-corrected chi connectivity index (χ0v) is 18.0. The summed E-state index contributed by atoms with van der Waals surface area (Å²) in [5.41, 5.74) is 6.04. The van der Waals surface area contributed by atoms with Gasteiger partial charge in [-0.2, -0.15) is 5.10 Å². The van der Waals surface area contributed by atoms with Gasteiger partial charge in [0.05, 0.1) is 6.20 Å². The Morgan fingerprint density at radius 1 is 1.48 bits per heavy atom. The number of hydrogen-bond donors (Lipinski definition) is 5. The van der Waals surface area contributed by atoms with E-state index >= 15 is 0 Å². The number of carboxylic acid groups (broad SMARTS) is 1. The summed E-state index contributed by atoms with van der Waals surface area (Å²) in [5, 5.41) is 32.0. The standard InChI is InChI=1S/C16H15N7O5S3/c17-16-20-7(4-31-16)9(22-28)12(24)21-10-13(25)23-11(15(26)27)8(5-30-14(10)23)29-3-6-1-18-19-2-6/h1-2,4,10,14,28H,3,5H2,(H2,17,20)(H,18,19)(H,21,24)(H,26,27)/t10-,14-/m1/s1. The number of β-lactam (4-membered cyclic amide) rings is 1. The summed E-state index contributed by atoms with van der Waals surface area (Å²) in [5.74, 6) is -1.71. The molecule has 0 aromatic carbocycles. The van der Waals surface area contributed by atoms with Crippen molar-refractivity contribution in [3.8, 4) is 0 Å². The number of thiazole rings is 1. The highest BCUT2D eigenvalue weighted by Crippen LogP contribution is 2.44. The lowest BCUT2D eigenvalue weighted by Gasteiger charge is -2.49. The highest BCUT2D eigenvalue weighted by Gasteiger charge is 2.54. The molecular formula is C16H15N7O5S3. The first kappa shape index (κ1) is 21.2. The van der Waals surface area contributed by atoms with Gasteiger partial charge in [0.15, 0.2) is 10.8 Å². The van der Waals surface area contributed by atoms with Crippen LogP contribution in [0.25, 0.3) is 0 Å². The molecular weight excluding hydrogens is 466 g/mol. The van der Waals surface area contributed by atoms with Gasteiger partial charge in [-0.3, -0.25) is 19.6 Å². The number of carbonyl (C=O) groups is 3. The van der Waals surface area contributed by atoms with Crippen molar-refractivity contribution in [2.75, 3.05) is 11.5 Å². The summed E-state index contributed by atoms with van der Waals surface area (Å²) in [6, 6.07) is -0.958. The van der Waals surface area contributed by atoms with Crippen LogP contribution >= 0.6 is 34.9 Å². The van der Waals surface area contributed by atoms with Gasteiger partial charge in [0.1, 0.15) is 22.8 Å². The van der Waals surface area contributed by atoms with Gasteiger partial charge in [-0.25, -0.2) is 9.78 Å². The molecule has 1 saturated heterocycles. The third kappa shape index (κ3) is 3.98. The zero-order valence-electron chi connectivity index (χ0n) is 15.5. The van der Waals surface area contributed by atoms with E-state index in [0.717, 1.165) is 16.9 Å². The SMILES string of the molecule is Nc1nc(C(=NO)C(=O)N[C@@H]2C(=O)N3C(C(=O)O)=C(SCc4cn[nH]c4)CS[C@H]23)cs1. The van der Waals surface area contributed by atoms with Crippen LogP contribution in [0.2, 0.25) is 0 Å². The first-order valence-electron chi connectivity index (χ1n) is 8.66. The molecule has 0 radical (unpaired) electrons. The molecule has 2 aliphatic heterocycles. The smallest absolute Gasteiger partial charge is 0.353 e. The maximum absolute atomic E-state index is 12.7. The third-order valence-electron chi connectivity index (χ3n) is 4.47. The van der Waals surface area contributed by atoms with Crippen LogP contribution in [0.5, 0.6) is 0 Å². The van der Waals surface area contributed by atoms with Crippen molar-refractivity contribution in [3.05, 3.63) is 39.6 Å². The zero-order chi connectivity index (χ0) is 22.1. The minimum absolute atomic E-state index is 0.0754. The van der Waals surface area contributed by atoms with E-state index in [1.165, 1.54) is 33.8 Å². The number of aliphatic carboxylic acids is 1. The van der Waals surface area contributed by atoms with Gasteiger partial charge in [0.25, 0.3) is 11.8 Å². The molecule has 2 amide bonds. The number of anilines is 1. The summed E-state index contributed by atoms with van der Waals surface area (Å²) >= 11 is 3.73. The second kappa shape index (κ2) is 8.60. The molecule has 0 spiro atoms. The maximum Gasteiger partial charge on any atom is 0.353 e. The molecule has 162 valence electrons. The predicted octanol–water partition coefficient (Wildman–Crippen LogP) is 0.256. The Morgan fingerprint density at radius 3 is 2.90 bits per heavy atom. The number of rotatable bonds is 7. The van der Waals surface area contributed by atoms with Gasteiger partial charge in [0.2, 0.25) is 0 Å². The number of oxime groups is 1. The molecule has 0 saturated carbocycles. The molecule has 31 heavy (non-hydrogen) atoms. The van der Waals surface area contributed by atoms with Crippen molar-refractivity contribution < 1.29 is 24.7 Å². The second-order valence-electron chi connectivity index (χ2n) is 6.35. The Labute approximate surface area is 187 Å². The van der Waals surface area contributed by atoms with Crippen LogP contribution in [0.3, 0.4) is 0 Å². The average molecular weight is 482 g/mol. The molecule has 4 rings (SSSR count). The molecule has 2 atom stereocenters. The first-order chi connectivity index (χ1) is 14.9. The molecule has 2 aliphatic rings. The number of fused-ring (bicyclic) bond motifs is 1. The Morgan fingerprint density at radius 2 is 2.29 bits per heavy atom. The van der Waals surface area contributed by atoms with Gasteiger partial charge in [0, 0.05) is 33.6 Å². The lowest BCUT2D eigenvalue weighted by Crippen LogP contribution is -2.71. The fourth-order valence-corrected chi connectivity index (χ4v) is 6.15. The van der Waals surface area contributed by atoms with E-state index in [1.54, 1.807) is 12.4 Å². The van der Waals surface area contributed by atoms with Crippen LogP contribution in [0.15, 0.2) is 33.5 Å². The lowest BCUT2D eigenvalue weighted by atomic mass is 10.0. The van der Waals surface area contributed by atoms with Crippen molar-refractivity contribution in [1.29, 1.82) is 0 Å². The number of nitrogens with zero attached hydrogens (tertiary/aromatic N) is 4. The van der Waals surface area contributed by atoms with Gasteiger partial charge in [-0.1, -0.05) is 5.16 Å². The Hall–Kier alpha value is -3.04. The number of amides is 2. The maximum atomic E-state index is 12.7. The summed E-state index contributed by atoms with van der Waals surface area (Å²) in [4.78, 5) is 42.7. The van der Waals surface area contributed by atoms with E-state index < -0.39 is 29.2 Å². The summed E-state index contributed by atoms with van der Waals surface area (Å²) in [6.45, 7) is 0. The molecule has 1 fully saturated rings. The highest BCUT2D eigenvalue weighted by atomic mass is 32.2. The highest BCUT2D eigenvalue weighted by molar-refractivity contribution is 8.05. The van der Waals surface area contributed by atoms with E-state index in [4.69, 9.17) is 5.73 Å². The predicted molar refractivity (Wildman–Crippen MR) is 114 cm³/mol. The molecule has 12 nitrogen and oxygen atoms in total. The number of nitrogens with one attached hydrogen (secondary N) is 2. The Bertz CT molecular complexity index is 1100. The van der Waals surface area contributed by atoms with Crippen LogP contribution in [0, 0.1) is 0 Å². The number of hydrogen-bond acceptors (Lipinski definition) is 11. The van der Waals surface area contributed by atoms with Crippen molar-refractivity contribution >= 4 is 63.5 Å². The van der Waals surface area contributed by atoms with Crippen molar-refractivity contribution in [3.63, 3.8) is 0 Å². The number of nitrogen functional groups attached to an aromatic ring is 1. The van der Waals surface area contributed by atoms with Gasteiger partial charge < -0.3 is 21.4 Å². The number of aromatic amines is 1. The van der Waals surface area contributed by atoms with Crippen molar-refractivity contribution in [2.24, 2.45) is 5.16 Å². The minimum Gasteiger partial charge on any atom is -0.477 e. The van der Waals surface area contributed by atoms with E-state index in [-0.39, 0.29) is 22.2 Å². The van der Waals surface area contributed by atoms with Crippen LogP contribution in [0.4, 0.5) is 5.13 Å². The molecule has 2 aromatic rings. The van der Waals surface area contributed by atoms with Gasteiger partial charge in [-0.15, -0.1) is 34.9 Å². The van der Waals surface area contributed by atoms with Crippen LogP contribution < -0.4 is 11.1 Å². The Kier molecular flexibility index (Phi) is 5.88. The number of carboxylic acids is 1. The largest absolute Gasteiger partial charge is 0.477 e. The summed E-state index contributed by atoms with van der Waals surface area (Å²) in [7, 11) is 0. The first-order valence-corrected chi connectivity index (χ1v) is 11.6. The second-order valence-corrected chi connectivity index (χ2v) is 9.42. The Balaban J connectivity index is 1.48. The van der Waals surface area contributed by atoms with Gasteiger partial charge in [-0.05, 0) is 0 Å². The quantitative estimate of drug-likeness (QED) is 0.159. The monoisotopic (exact) mass is 481 g/mol. The van der Waals surface area contributed by atoms with Gasteiger partial charge >= 0.3 is 5.97 Å². The summed E-state index contributed by atoms with van der Waals surface area (Å²) in [6.07, 6.45) is 3.35. The number of nitrogens with two attached hydrogens (primary N) is 1. The van der Waals surface area contributed by atoms with E-state index in [1.807, 2.05) is 0 Å². The van der Waals surface area contributed by atoms with E-state index in [2.05, 4.69) is 25.7 Å². The number of thioether (sulfide) groups is 2. The van der Waals surface area contributed by atoms with Crippen molar-refractivity contribution in [2.45, 2.75) is 17.2 Å².